The molecule has 0 aliphatic rings. The first-order chi connectivity index (χ1) is 33.5. The summed E-state index contributed by atoms with van der Waals surface area (Å²) < 4.78 is 5.98. The van der Waals surface area contributed by atoms with Crippen LogP contribution in [0.4, 0.5) is 0 Å². The van der Waals surface area contributed by atoms with Gasteiger partial charge in [0, 0.05) is 6.42 Å². The van der Waals surface area contributed by atoms with Crippen molar-refractivity contribution in [2.24, 2.45) is 0 Å². The second kappa shape index (κ2) is 56.5. The molecule has 3 N–H and O–H groups in total. The van der Waals surface area contributed by atoms with Gasteiger partial charge in [-0.2, -0.15) is 0 Å². The minimum absolute atomic E-state index is 0.0751. The average molecular weight is 961 g/mol. The zero-order valence-corrected chi connectivity index (χ0v) is 46.3. The molecule has 0 aromatic heterocycles. The second-order valence-corrected chi connectivity index (χ2v) is 21.5. The van der Waals surface area contributed by atoms with Crippen LogP contribution in [0.1, 0.15) is 348 Å². The fourth-order valence-electron chi connectivity index (χ4n) is 9.90. The molecule has 404 valence electrons. The fraction of sp³-hybridized carbons (Fsp3) is 0.935. The zero-order chi connectivity index (χ0) is 49.5. The van der Waals surface area contributed by atoms with Gasteiger partial charge in [-0.25, -0.2) is 0 Å². The van der Waals surface area contributed by atoms with E-state index in [1.54, 1.807) is 0 Å². The molecule has 0 aliphatic carbocycles. The third kappa shape index (κ3) is 51.0. The fourth-order valence-corrected chi connectivity index (χ4v) is 9.90. The Morgan fingerprint density at radius 1 is 0.412 bits per heavy atom. The van der Waals surface area contributed by atoms with Crippen LogP contribution in [0.2, 0.25) is 0 Å². The first-order valence-corrected chi connectivity index (χ1v) is 30.9. The van der Waals surface area contributed by atoms with Crippen LogP contribution in [-0.2, 0) is 14.3 Å². The molecule has 1 amide bonds. The van der Waals surface area contributed by atoms with Gasteiger partial charge in [0.15, 0.2) is 0 Å². The van der Waals surface area contributed by atoms with E-state index in [4.69, 9.17) is 4.74 Å². The van der Waals surface area contributed by atoms with Crippen molar-refractivity contribution in [1.82, 2.24) is 5.32 Å². The zero-order valence-electron chi connectivity index (χ0n) is 46.3. The van der Waals surface area contributed by atoms with Gasteiger partial charge in [-0.1, -0.05) is 296 Å². The topological polar surface area (TPSA) is 95.9 Å². The van der Waals surface area contributed by atoms with Crippen LogP contribution in [0.25, 0.3) is 0 Å². The molecule has 3 unspecified atom stereocenters. The maximum atomic E-state index is 13.3. The van der Waals surface area contributed by atoms with Gasteiger partial charge in [-0.15, -0.1) is 0 Å². The molecule has 0 aromatic rings. The van der Waals surface area contributed by atoms with Crippen LogP contribution in [0.15, 0.2) is 12.2 Å². The van der Waals surface area contributed by atoms with Crippen LogP contribution in [0, 0.1) is 0 Å². The molecule has 0 aromatic carbocycles. The number of amides is 1. The monoisotopic (exact) mass is 960 g/mol. The Labute approximate surface area is 425 Å². The lowest BCUT2D eigenvalue weighted by Gasteiger charge is -2.24. The van der Waals surface area contributed by atoms with E-state index in [-0.39, 0.29) is 24.9 Å². The Bertz CT molecular complexity index is 1030. The molecular weight excluding hydrogens is 839 g/mol. The predicted molar refractivity (Wildman–Crippen MR) is 297 cm³/mol. The molecule has 0 heterocycles. The highest BCUT2D eigenvalue weighted by atomic mass is 16.5. The molecule has 0 bridgehead atoms. The van der Waals surface area contributed by atoms with Crippen molar-refractivity contribution < 1.29 is 24.5 Å². The van der Waals surface area contributed by atoms with Crippen molar-refractivity contribution in [3.63, 3.8) is 0 Å². The van der Waals surface area contributed by atoms with Crippen molar-refractivity contribution in [2.45, 2.75) is 366 Å². The maximum Gasteiger partial charge on any atom is 0.306 e. The summed E-state index contributed by atoms with van der Waals surface area (Å²) in [6, 6.07) is -0.701. The van der Waals surface area contributed by atoms with Crippen molar-refractivity contribution >= 4 is 11.9 Å². The number of esters is 1. The van der Waals surface area contributed by atoms with Gasteiger partial charge in [0.2, 0.25) is 5.91 Å². The van der Waals surface area contributed by atoms with E-state index in [1.165, 1.54) is 244 Å². The molecule has 0 spiro atoms. The lowest BCUT2D eigenvalue weighted by molar-refractivity contribution is -0.151. The minimum atomic E-state index is -0.787. The third-order valence-electron chi connectivity index (χ3n) is 14.6. The quantitative estimate of drug-likeness (QED) is 0.0321. The molecule has 68 heavy (non-hydrogen) atoms. The number of hydrogen-bond donors (Lipinski definition) is 3. The molecule has 0 aliphatic heterocycles. The summed E-state index contributed by atoms with van der Waals surface area (Å²) in [6.45, 7) is 6.54. The number of carbonyl (C=O) groups excluding carboxylic acids is 2. The largest absolute Gasteiger partial charge is 0.462 e. The molecule has 0 saturated carbocycles. The first-order valence-electron chi connectivity index (χ1n) is 30.9. The van der Waals surface area contributed by atoms with Gasteiger partial charge >= 0.3 is 5.97 Å². The summed E-state index contributed by atoms with van der Waals surface area (Å²) in [5.74, 6) is -0.462. The molecule has 0 fully saturated rings. The van der Waals surface area contributed by atoms with Crippen LogP contribution >= 0.6 is 0 Å². The standard InChI is InChI=1S/C62H121NO5/c1-4-7-10-13-16-19-22-25-28-30-31-32-34-37-40-43-46-49-52-55-62(67)68-58(53-50-47-44-41-38-35-33-29-26-23-20-17-14-11-8-5-2)56-61(66)63-59(57-64)60(65)54-51-48-45-42-39-36-27-24-21-18-15-12-9-6-3/h35,38,58-60,64-65H,4-34,36-37,39-57H2,1-3H3,(H,63,66)/b38-35+. The van der Waals surface area contributed by atoms with Gasteiger partial charge in [0.05, 0.1) is 25.2 Å². The van der Waals surface area contributed by atoms with E-state index in [9.17, 15) is 19.8 Å². The van der Waals surface area contributed by atoms with Gasteiger partial charge < -0.3 is 20.3 Å². The Morgan fingerprint density at radius 2 is 0.706 bits per heavy atom. The smallest absolute Gasteiger partial charge is 0.306 e. The molecule has 6 heteroatoms. The number of rotatable bonds is 57. The number of hydrogen-bond acceptors (Lipinski definition) is 5. The van der Waals surface area contributed by atoms with E-state index >= 15 is 0 Å². The number of aliphatic hydroxyl groups is 2. The summed E-state index contributed by atoms with van der Waals surface area (Å²) >= 11 is 0. The van der Waals surface area contributed by atoms with Gasteiger partial charge in [0.1, 0.15) is 6.10 Å². The van der Waals surface area contributed by atoms with E-state index in [1.807, 2.05) is 0 Å². The summed E-state index contributed by atoms with van der Waals surface area (Å²) in [5, 5.41) is 23.9. The summed E-state index contributed by atoms with van der Waals surface area (Å²) in [7, 11) is 0. The summed E-state index contributed by atoms with van der Waals surface area (Å²) in [4.78, 5) is 26.3. The Kier molecular flexibility index (Phi) is 55.3. The first kappa shape index (κ1) is 66.6. The number of carbonyl (C=O) groups is 2. The third-order valence-corrected chi connectivity index (χ3v) is 14.6. The Balaban J connectivity index is 4.50. The Hall–Kier alpha value is -1.40. The molecule has 0 rings (SSSR count). The van der Waals surface area contributed by atoms with Gasteiger partial charge in [-0.3, -0.25) is 9.59 Å². The Morgan fingerprint density at radius 3 is 1.06 bits per heavy atom. The van der Waals surface area contributed by atoms with E-state index in [2.05, 4.69) is 38.2 Å². The van der Waals surface area contributed by atoms with Gasteiger partial charge in [-0.05, 0) is 51.4 Å². The van der Waals surface area contributed by atoms with Crippen molar-refractivity contribution in [2.75, 3.05) is 6.61 Å². The maximum absolute atomic E-state index is 13.3. The lowest BCUT2D eigenvalue weighted by Crippen LogP contribution is -2.46. The number of unbranched alkanes of at least 4 members (excludes halogenated alkanes) is 43. The highest BCUT2D eigenvalue weighted by molar-refractivity contribution is 5.77. The number of aliphatic hydroxyl groups excluding tert-OH is 2. The second-order valence-electron chi connectivity index (χ2n) is 21.5. The minimum Gasteiger partial charge on any atom is -0.462 e. The predicted octanol–water partition coefficient (Wildman–Crippen LogP) is 19.2. The number of ether oxygens (including phenoxy) is 1. The highest BCUT2D eigenvalue weighted by Crippen LogP contribution is 2.19. The lowest BCUT2D eigenvalue weighted by atomic mass is 10.0. The van der Waals surface area contributed by atoms with Crippen LogP contribution in [0.3, 0.4) is 0 Å². The molecule has 3 atom stereocenters. The van der Waals surface area contributed by atoms with Crippen molar-refractivity contribution in [1.29, 1.82) is 0 Å². The van der Waals surface area contributed by atoms with Crippen LogP contribution in [0.5, 0.6) is 0 Å². The van der Waals surface area contributed by atoms with Crippen LogP contribution < -0.4 is 5.32 Å². The number of nitrogens with one attached hydrogen (secondary N) is 1. The van der Waals surface area contributed by atoms with Crippen molar-refractivity contribution in [3.05, 3.63) is 12.2 Å². The number of allylic oxidation sites excluding steroid dienone is 2. The van der Waals surface area contributed by atoms with Crippen LogP contribution in [-0.4, -0.2) is 46.9 Å². The van der Waals surface area contributed by atoms with Gasteiger partial charge in [0.25, 0.3) is 0 Å². The summed E-state index contributed by atoms with van der Waals surface area (Å²) in [6.07, 6.45) is 65.7. The van der Waals surface area contributed by atoms with E-state index in [0.717, 1.165) is 57.8 Å². The van der Waals surface area contributed by atoms with E-state index in [0.29, 0.717) is 19.3 Å². The SMILES string of the molecule is CCCCCCCCCCC/C=C/CCCCCC(CC(=O)NC(CO)C(O)CCCCCCCCCCCCCCCC)OC(=O)CCCCCCCCCCCCCCCCCCCCC. The molecule has 6 nitrogen and oxygen atoms in total. The molecule has 0 saturated heterocycles. The van der Waals surface area contributed by atoms with Crippen molar-refractivity contribution in [3.8, 4) is 0 Å². The average Bonchev–Trinajstić information content (AvgIpc) is 3.33. The molecular formula is C62H121NO5. The summed E-state index contributed by atoms with van der Waals surface area (Å²) in [5.41, 5.74) is 0. The highest BCUT2D eigenvalue weighted by Gasteiger charge is 2.24. The normalized spacial score (nSPS) is 13.1. The molecule has 0 radical (unpaired) electrons. The van der Waals surface area contributed by atoms with E-state index < -0.39 is 18.2 Å².